The lowest BCUT2D eigenvalue weighted by atomic mass is 10.2. The molecule has 1 fully saturated rings. The third-order valence-corrected chi connectivity index (χ3v) is 5.05. The highest BCUT2D eigenvalue weighted by Crippen LogP contribution is 2.24. The van der Waals surface area contributed by atoms with E-state index in [1.807, 2.05) is 6.07 Å². The van der Waals surface area contributed by atoms with Gasteiger partial charge in [0.15, 0.2) is 5.96 Å². The van der Waals surface area contributed by atoms with Crippen LogP contribution in [-0.2, 0) is 11.3 Å². The average Bonchev–Trinajstić information content (AvgIpc) is 3.16. The maximum Gasteiger partial charge on any atom is 0.191 e. The van der Waals surface area contributed by atoms with Gasteiger partial charge in [0, 0.05) is 58.5 Å². The SMILES string of the molecule is CCNC(=NCCCCCOC)NC1CCN(Cc2cc(OC)cc(OC)c2)C1. The predicted octanol–water partition coefficient (Wildman–Crippen LogP) is 2.65. The standard InChI is InChI=1S/C22H38N4O3/c1-5-23-22(24-10-7-6-8-12-27-2)25-19-9-11-26(17-19)16-18-13-20(28-3)15-21(14-18)29-4/h13-15,19H,5-12,16-17H2,1-4H3,(H2,23,24,25). The van der Waals surface area contributed by atoms with Gasteiger partial charge in [0.05, 0.1) is 14.2 Å². The first kappa shape index (κ1) is 23.3. The molecule has 0 bridgehead atoms. The third-order valence-electron chi connectivity index (χ3n) is 5.05. The van der Waals surface area contributed by atoms with Gasteiger partial charge in [0.25, 0.3) is 0 Å². The molecule has 2 rings (SSSR count). The number of aliphatic imine (C=N–C) groups is 1. The number of methoxy groups -OCH3 is 3. The highest BCUT2D eigenvalue weighted by atomic mass is 16.5. The quantitative estimate of drug-likeness (QED) is 0.316. The zero-order chi connectivity index (χ0) is 20.9. The topological polar surface area (TPSA) is 67.4 Å². The van der Waals surface area contributed by atoms with Crippen molar-refractivity contribution in [3.63, 3.8) is 0 Å². The van der Waals surface area contributed by atoms with Crippen LogP contribution in [0.5, 0.6) is 11.5 Å². The Labute approximate surface area is 175 Å². The van der Waals surface area contributed by atoms with Gasteiger partial charge in [0.1, 0.15) is 11.5 Å². The number of nitrogens with one attached hydrogen (secondary N) is 2. The molecule has 7 heteroatoms. The van der Waals surface area contributed by atoms with Crippen molar-refractivity contribution >= 4 is 5.96 Å². The van der Waals surface area contributed by atoms with Crippen LogP contribution in [0, 0.1) is 0 Å². The van der Waals surface area contributed by atoms with Crippen molar-refractivity contribution in [2.24, 2.45) is 4.99 Å². The van der Waals surface area contributed by atoms with E-state index in [1.165, 1.54) is 5.56 Å². The largest absolute Gasteiger partial charge is 0.497 e. The molecule has 164 valence electrons. The number of hydrogen-bond acceptors (Lipinski definition) is 5. The van der Waals surface area contributed by atoms with Gasteiger partial charge >= 0.3 is 0 Å². The van der Waals surface area contributed by atoms with Crippen LogP contribution in [0.15, 0.2) is 23.2 Å². The number of hydrogen-bond donors (Lipinski definition) is 2. The molecule has 0 saturated carbocycles. The summed E-state index contributed by atoms with van der Waals surface area (Å²) in [5, 5.41) is 6.97. The van der Waals surface area contributed by atoms with Crippen molar-refractivity contribution in [1.29, 1.82) is 0 Å². The third kappa shape index (κ3) is 8.50. The molecule has 1 aromatic carbocycles. The van der Waals surface area contributed by atoms with E-state index in [0.717, 1.165) is 82.5 Å². The van der Waals surface area contributed by atoms with Crippen molar-refractivity contribution < 1.29 is 14.2 Å². The molecule has 0 radical (unpaired) electrons. The molecule has 1 saturated heterocycles. The van der Waals surface area contributed by atoms with E-state index in [0.29, 0.717) is 6.04 Å². The summed E-state index contributed by atoms with van der Waals surface area (Å²) >= 11 is 0. The molecule has 0 aliphatic carbocycles. The monoisotopic (exact) mass is 406 g/mol. The molecule has 29 heavy (non-hydrogen) atoms. The van der Waals surface area contributed by atoms with E-state index in [2.05, 4.69) is 34.6 Å². The molecule has 1 aromatic rings. The summed E-state index contributed by atoms with van der Waals surface area (Å²) in [7, 11) is 5.13. The molecular weight excluding hydrogens is 368 g/mol. The molecule has 1 unspecified atom stereocenters. The molecule has 0 aromatic heterocycles. The second-order valence-corrected chi connectivity index (χ2v) is 7.40. The van der Waals surface area contributed by atoms with Gasteiger partial charge in [-0.1, -0.05) is 0 Å². The van der Waals surface area contributed by atoms with Crippen LogP contribution < -0.4 is 20.1 Å². The highest BCUT2D eigenvalue weighted by Gasteiger charge is 2.23. The minimum atomic E-state index is 0.411. The molecule has 1 aliphatic heterocycles. The minimum absolute atomic E-state index is 0.411. The van der Waals surface area contributed by atoms with E-state index >= 15 is 0 Å². The maximum absolute atomic E-state index is 5.39. The Morgan fingerprint density at radius 2 is 1.86 bits per heavy atom. The Balaban J connectivity index is 1.82. The van der Waals surface area contributed by atoms with E-state index < -0.39 is 0 Å². The van der Waals surface area contributed by atoms with Crippen LogP contribution in [0.1, 0.15) is 38.2 Å². The molecule has 0 amide bonds. The van der Waals surface area contributed by atoms with Gasteiger partial charge < -0.3 is 24.8 Å². The molecule has 7 nitrogen and oxygen atoms in total. The van der Waals surface area contributed by atoms with Crippen LogP contribution in [0.2, 0.25) is 0 Å². The van der Waals surface area contributed by atoms with Crippen molar-refractivity contribution in [1.82, 2.24) is 15.5 Å². The van der Waals surface area contributed by atoms with Crippen LogP contribution in [0.3, 0.4) is 0 Å². The van der Waals surface area contributed by atoms with E-state index in [9.17, 15) is 0 Å². The summed E-state index contributed by atoms with van der Waals surface area (Å²) in [6, 6.07) is 6.48. The second kappa shape index (κ2) is 13.3. The first-order chi connectivity index (χ1) is 14.2. The Kier molecular flexibility index (Phi) is 10.7. The van der Waals surface area contributed by atoms with Crippen LogP contribution in [-0.4, -0.2) is 71.0 Å². The molecular formula is C22H38N4O3. The van der Waals surface area contributed by atoms with Crippen molar-refractivity contribution in [2.75, 3.05) is 54.1 Å². The first-order valence-corrected chi connectivity index (χ1v) is 10.7. The maximum atomic E-state index is 5.39. The lowest BCUT2D eigenvalue weighted by Gasteiger charge is -2.19. The fraction of sp³-hybridized carbons (Fsp3) is 0.682. The normalized spacial score (nSPS) is 17.4. The number of ether oxygens (including phenoxy) is 3. The van der Waals surface area contributed by atoms with Gasteiger partial charge in [-0.3, -0.25) is 9.89 Å². The van der Waals surface area contributed by atoms with Crippen LogP contribution in [0.25, 0.3) is 0 Å². The molecule has 0 spiro atoms. The number of guanidine groups is 1. The summed E-state index contributed by atoms with van der Waals surface area (Å²) in [4.78, 5) is 7.19. The average molecular weight is 407 g/mol. The van der Waals surface area contributed by atoms with Crippen molar-refractivity contribution in [3.05, 3.63) is 23.8 Å². The van der Waals surface area contributed by atoms with Crippen molar-refractivity contribution in [3.8, 4) is 11.5 Å². The Bertz CT molecular complexity index is 602. The minimum Gasteiger partial charge on any atom is -0.497 e. The molecule has 1 aliphatic rings. The first-order valence-electron chi connectivity index (χ1n) is 10.7. The number of unbranched alkanes of at least 4 members (excludes halogenated alkanes) is 2. The predicted molar refractivity (Wildman–Crippen MR) is 118 cm³/mol. The summed E-state index contributed by atoms with van der Waals surface area (Å²) in [5.41, 5.74) is 1.21. The van der Waals surface area contributed by atoms with E-state index in [1.54, 1.807) is 21.3 Å². The number of benzene rings is 1. The number of rotatable bonds is 12. The van der Waals surface area contributed by atoms with Gasteiger partial charge in [-0.2, -0.15) is 0 Å². The smallest absolute Gasteiger partial charge is 0.191 e. The summed E-state index contributed by atoms with van der Waals surface area (Å²) in [6.07, 6.45) is 4.45. The van der Waals surface area contributed by atoms with Crippen molar-refractivity contribution in [2.45, 2.75) is 45.2 Å². The highest BCUT2D eigenvalue weighted by molar-refractivity contribution is 5.80. The van der Waals surface area contributed by atoms with Crippen LogP contribution >= 0.6 is 0 Å². The Morgan fingerprint density at radius 1 is 1.10 bits per heavy atom. The van der Waals surface area contributed by atoms with Gasteiger partial charge in [-0.25, -0.2) is 0 Å². The summed E-state index contributed by atoms with van der Waals surface area (Å²) < 4.78 is 15.9. The Morgan fingerprint density at radius 3 is 2.52 bits per heavy atom. The zero-order valence-electron chi connectivity index (χ0n) is 18.5. The molecule has 2 N–H and O–H groups in total. The fourth-order valence-electron chi connectivity index (χ4n) is 3.55. The van der Waals surface area contributed by atoms with Crippen LogP contribution in [0.4, 0.5) is 0 Å². The summed E-state index contributed by atoms with van der Waals surface area (Å²) in [6.45, 7) is 7.60. The fourth-order valence-corrected chi connectivity index (χ4v) is 3.55. The van der Waals surface area contributed by atoms with E-state index in [4.69, 9.17) is 19.2 Å². The van der Waals surface area contributed by atoms with Gasteiger partial charge in [0.2, 0.25) is 0 Å². The summed E-state index contributed by atoms with van der Waals surface area (Å²) in [5.74, 6) is 2.59. The zero-order valence-corrected chi connectivity index (χ0v) is 18.5. The number of likely N-dealkylation sites (tertiary alicyclic amines) is 1. The molecule has 1 atom stereocenters. The van der Waals surface area contributed by atoms with E-state index in [-0.39, 0.29) is 0 Å². The lowest BCUT2D eigenvalue weighted by molar-refractivity contribution is 0.192. The number of nitrogens with zero attached hydrogens (tertiary/aromatic N) is 2. The van der Waals surface area contributed by atoms with Gasteiger partial charge in [-0.15, -0.1) is 0 Å². The lowest BCUT2D eigenvalue weighted by Crippen LogP contribution is -2.44. The van der Waals surface area contributed by atoms with Gasteiger partial charge in [-0.05, 0) is 50.3 Å². The molecule has 1 heterocycles. The Hall–Kier alpha value is -1.99. The second-order valence-electron chi connectivity index (χ2n) is 7.40.